The van der Waals surface area contributed by atoms with E-state index in [1.165, 1.54) is 36.6 Å². The van der Waals surface area contributed by atoms with E-state index in [0.717, 1.165) is 16.6 Å². The van der Waals surface area contributed by atoms with Crippen molar-refractivity contribution in [1.29, 1.82) is 0 Å². The summed E-state index contributed by atoms with van der Waals surface area (Å²) in [5, 5.41) is 2.80. The third kappa shape index (κ3) is 2.64. The number of hydrogen-bond donors (Lipinski definition) is 0. The van der Waals surface area contributed by atoms with Crippen molar-refractivity contribution in [3.63, 3.8) is 0 Å². The van der Waals surface area contributed by atoms with Gasteiger partial charge in [0.25, 0.3) is 0 Å². The van der Waals surface area contributed by atoms with Crippen molar-refractivity contribution in [2.24, 2.45) is 0 Å². The first-order valence-electron chi connectivity index (χ1n) is 9.70. The molecule has 4 aromatic rings. The fourth-order valence-electron chi connectivity index (χ4n) is 4.54. The predicted molar refractivity (Wildman–Crippen MR) is 108 cm³/mol. The molecule has 1 saturated carbocycles. The van der Waals surface area contributed by atoms with Gasteiger partial charge in [-0.1, -0.05) is 31.0 Å². The van der Waals surface area contributed by atoms with Gasteiger partial charge in [0.2, 0.25) is 0 Å². The molecule has 0 saturated heterocycles. The Kier molecular flexibility index (Phi) is 3.78. The Balaban J connectivity index is 1.74. The lowest BCUT2D eigenvalue weighted by Gasteiger charge is -2.13. The number of rotatable bonds is 2. The first-order valence-corrected chi connectivity index (χ1v) is 9.70. The van der Waals surface area contributed by atoms with Crippen LogP contribution in [0.1, 0.15) is 48.5 Å². The van der Waals surface area contributed by atoms with Crippen LogP contribution in [0, 0.1) is 19.7 Å². The molecule has 0 spiro atoms. The summed E-state index contributed by atoms with van der Waals surface area (Å²) in [4.78, 5) is 4.65. The van der Waals surface area contributed by atoms with Gasteiger partial charge in [-0.05, 0) is 67.3 Å². The summed E-state index contributed by atoms with van der Waals surface area (Å²) in [6, 6.07) is 12.4. The summed E-state index contributed by atoms with van der Waals surface area (Å²) < 4.78 is 20.4. The molecule has 0 amide bonds. The Labute approximate surface area is 158 Å². The van der Waals surface area contributed by atoms with E-state index in [0.29, 0.717) is 28.2 Å². The van der Waals surface area contributed by atoms with Crippen molar-refractivity contribution in [1.82, 2.24) is 4.98 Å². The molecule has 0 N–H and O–H groups in total. The Hall–Kier alpha value is -2.68. The van der Waals surface area contributed by atoms with Crippen molar-refractivity contribution in [2.45, 2.75) is 45.4 Å². The molecule has 2 heterocycles. The number of furan rings is 1. The van der Waals surface area contributed by atoms with Gasteiger partial charge in [-0.25, -0.2) is 4.39 Å². The Morgan fingerprint density at radius 2 is 1.81 bits per heavy atom. The lowest BCUT2D eigenvalue weighted by atomic mass is 9.93. The molecule has 27 heavy (non-hydrogen) atoms. The molecule has 3 heteroatoms. The summed E-state index contributed by atoms with van der Waals surface area (Å²) in [5.74, 6) is 1.17. The van der Waals surface area contributed by atoms with Crippen LogP contribution in [0.4, 0.5) is 4.39 Å². The molecule has 2 nitrogen and oxygen atoms in total. The highest BCUT2D eigenvalue weighted by atomic mass is 19.1. The fourth-order valence-corrected chi connectivity index (χ4v) is 4.54. The maximum absolute atomic E-state index is 14.6. The van der Waals surface area contributed by atoms with Crippen LogP contribution in [0.3, 0.4) is 0 Å². The summed E-state index contributed by atoms with van der Waals surface area (Å²) in [6.07, 6.45) is 7.07. The van der Waals surface area contributed by atoms with E-state index in [-0.39, 0.29) is 5.82 Å². The number of fused-ring (bicyclic) bond motifs is 2. The van der Waals surface area contributed by atoms with Gasteiger partial charge in [-0.2, -0.15) is 0 Å². The fraction of sp³-hybridized carbons (Fsp3) is 0.292. The van der Waals surface area contributed by atoms with Crippen LogP contribution < -0.4 is 0 Å². The zero-order chi connectivity index (χ0) is 18.5. The maximum Gasteiger partial charge on any atom is 0.146 e. The average molecular weight is 359 g/mol. The van der Waals surface area contributed by atoms with Crippen molar-refractivity contribution in [2.75, 3.05) is 0 Å². The summed E-state index contributed by atoms with van der Waals surface area (Å²) in [6.45, 7) is 3.65. The minimum Gasteiger partial charge on any atom is -0.461 e. The molecule has 136 valence electrons. The third-order valence-corrected chi connectivity index (χ3v) is 5.91. The van der Waals surface area contributed by atoms with Crippen LogP contribution in [0.15, 0.2) is 47.0 Å². The van der Waals surface area contributed by atoms with Gasteiger partial charge in [0.1, 0.15) is 17.2 Å². The molecule has 5 rings (SSSR count). The van der Waals surface area contributed by atoms with Crippen LogP contribution in [0.5, 0.6) is 0 Å². The Morgan fingerprint density at radius 1 is 1.00 bits per heavy atom. The summed E-state index contributed by atoms with van der Waals surface area (Å²) in [7, 11) is 0. The van der Waals surface area contributed by atoms with Gasteiger partial charge >= 0.3 is 0 Å². The maximum atomic E-state index is 14.6. The SMILES string of the molecule is Cc1cc2c(F)c(C)cc(-c3nccc4cc(C5CCCC5)ccc34)c2o1. The highest BCUT2D eigenvalue weighted by molar-refractivity contribution is 6.02. The van der Waals surface area contributed by atoms with E-state index >= 15 is 0 Å². The van der Waals surface area contributed by atoms with Crippen LogP contribution in [-0.4, -0.2) is 4.98 Å². The van der Waals surface area contributed by atoms with Gasteiger partial charge < -0.3 is 4.42 Å². The number of aromatic nitrogens is 1. The zero-order valence-corrected chi connectivity index (χ0v) is 15.7. The van der Waals surface area contributed by atoms with Crippen molar-refractivity contribution in [3.05, 3.63) is 65.3 Å². The second-order valence-electron chi connectivity index (χ2n) is 7.78. The largest absolute Gasteiger partial charge is 0.461 e. The van der Waals surface area contributed by atoms with E-state index in [1.54, 1.807) is 13.0 Å². The lowest BCUT2D eigenvalue weighted by molar-refractivity contribution is 0.577. The Morgan fingerprint density at radius 3 is 2.63 bits per heavy atom. The van der Waals surface area contributed by atoms with Crippen molar-refractivity contribution >= 4 is 21.7 Å². The monoisotopic (exact) mass is 359 g/mol. The second-order valence-corrected chi connectivity index (χ2v) is 7.78. The van der Waals surface area contributed by atoms with Crippen LogP contribution >= 0.6 is 0 Å². The van der Waals surface area contributed by atoms with Gasteiger partial charge in [0, 0.05) is 17.1 Å². The lowest BCUT2D eigenvalue weighted by Crippen LogP contribution is -1.94. The average Bonchev–Trinajstić information content (AvgIpc) is 3.34. The normalized spacial score (nSPS) is 15.2. The molecule has 2 aromatic heterocycles. The molecular weight excluding hydrogens is 337 g/mol. The second kappa shape index (κ2) is 6.19. The van der Waals surface area contributed by atoms with E-state index < -0.39 is 0 Å². The molecule has 0 unspecified atom stereocenters. The first-order chi connectivity index (χ1) is 13.1. The van der Waals surface area contributed by atoms with Crippen molar-refractivity contribution < 1.29 is 8.81 Å². The van der Waals surface area contributed by atoms with Crippen LogP contribution in [-0.2, 0) is 0 Å². The summed E-state index contributed by atoms with van der Waals surface area (Å²) in [5.41, 5.74) is 4.32. The number of nitrogens with zero attached hydrogens (tertiary/aromatic N) is 1. The quantitative estimate of drug-likeness (QED) is 0.383. The topological polar surface area (TPSA) is 26.0 Å². The molecule has 0 bridgehead atoms. The number of halogens is 1. The smallest absolute Gasteiger partial charge is 0.146 e. The van der Waals surface area contributed by atoms with Gasteiger partial charge in [0.15, 0.2) is 0 Å². The molecule has 0 aliphatic heterocycles. The molecular formula is C24H22FNO. The van der Waals surface area contributed by atoms with Crippen LogP contribution in [0.25, 0.3) is 33.0 Å². The van der Waals surface area contributed by atoms with E-state index in [4.69, 9.17) is 4.42 Å². The minimum absolute atomic E-state index is 0.214. The van der Waals surface area contributed by atoms with Crippen molar-refractivity contribution in [3.8, 4) is 11.3 Å². The molecule has 1 fully saturated rings. The standard InChI is InChI=1S/C24H22FNO/c1-14-11-21(24-20(22(14)25)12-15(2)27-24)23-19-8-7-17(16-5-3-4-6-16)13-18(19)9-10-26-23/h7-13,16H,3-6H2,1-2H3. The third-order valence-electron chi connectivity index (χ3n) is 5.91. The molecule has 1 aliphatic carbocycles. The summed E-state index contributed by atoms with van der Waals surface area (Å²) >= 11 is 0. The number of benzene rings is 2. The molecule has 1 aliphatic rings. The highest BCUT2D eigenvalue weighted by Gasteiger charge is 2.20. The molecule has 0 atom stereocenters. The van der Waals surface area contributed by atoms with Crippen LogP contribution in [0.2, 0.25) is 0 Å². The van der Waals surface area contributed by atoms with E-state index in [9.17, 15) is 4.39 Å². The van der Waals surface area contributed by atoms with E-state index in [1.807, 2.05) is 19.2 Å². The van der Waals surface area contributed by atoms with Gasteiger partial charge in [-0.15, -0.1) is 0 Å². The molecule has 2 aromatic carbocycles. The number of hydrogen-bond acceptors (Lipinski definition) is 2. The number of pyridine rings is 1. The predicted octanol–water partition coefficient (Wildman–Crippen LogP) is 7.06. The Bertz CT molecular complexity index is 1170. The zero-order valence-electron chi connectivity index (χ0n) is 15.7. The van der Waals surface area contributed by atoms with Gasteiger partial charge in [-0.3, -0.25) is 4.98 Å². The highest BCUT2D eigenvalue weighted by Crippen LogP contribution is 2.39. The van der Waals surface area contributed by atoms with Gasteiger partial charge in [0.05, 0.1) is 11.1 Å². The van der Waals surface area contributed by atoms with E-state index in [2.05, 4.69) is 29.2 Å². The first kappa shape index (κ1) is 16.5. The number of aryl methyl sites for hydroxylation is 2. The molecule has 0 radical (unpaired) electrons. The minimum atomic E-state index is -0.214.